The maximum Gasteiger partial charge on any atom is 0.417 e. The summed E-state index contributed by atoms with van der Waals surface area (Å²) in [6.45, 7) is 3.29. The van der Waals surface area contributed by atoms with E-state index >= 15 is 0 Å². The molecule has 0 spiro atoms. The van der Waals surface area contributed by atoms with Crippen LogP contribution < -0.4 is 20.7 Å². The van der Waals surface area contributed by atoms with Crippen LogP contribution in [0.2, 0.25) is 5.02 Å². The minimum atomic E-state index is -4.62. The molecule has 2 aromatic carbocycles. The van der Waals surface area contributed by atoms with E-state index in [1.807, 2.05) is 6.07 Å². The first-order valence-electron chi connectivity index (χ1n) is 10.8. The van der Waals surface area contributed by atoms with E-state index in [0.29, 0.717) is 22.6 Å². The lowest BCUT2D eigenvalue weighted by Gasteiger charge is -2.13. The van der Waals surface area contributed by atoms with Crippen LogP contribution in [0.5, 0.6) is 11.5 Å². The van der Waals surface area contributed by atoms with Gasteiger partial charge in [0, 0.05) is 36.6 Å². The molecular weight excluding hydrogens is 481 g/mol. The minimum absolute atomic E-state index is 0.00343. The second-order valence-electron chi connectivity index (χ2n) is 7.91. The summed E-state index contributed by atoms with van der Waals surface area (Å²) in [5.41, 5.74) is 0.795. The number of hydrogen-bond acceptors (Lipinski definition) is 5. The van der Waals surface area contributed by atoms with Crippen LogP contribution in [0, 0.1) is 0 Å². The van der Waals surface area contributed by atoms with Crippen molar-refractivity contribution in [2.24, 2.45) is 0 Å². The molecule has 0 radical (unpaired) electrons. The first-order valence-corrected chi connectivity index (χ1v) is 11.1. The standard InChI is InChI=1S/C25H22ClF3N4O2/c1-15(24(34)33-17-5-6-21(26)20(13-17)25(27,28)29)11-16-3-2-4-18(12-16)35-19-7-8-30-22(14-19)23-31-9-10-32-23/h2-8,11-14,23,31-32H,9-10H2,1H3,(H,33,34)/b15-11+. The van der Waals surface area contributed by atoms with Gasteiger partial charge in [0.05, 0.1) is 16.3 Å². The van der Waals surface area contributed by atoms with Gasteiger partial charge in [-0.05, 0) is 55.0 Å². The molecule has 0 bridgehead atoms. The van der Waals surface area contributed by atoms with Crippen LogP contribution >= 0.6 is 11.6 Å². The Balaban J connectivity index is 1.46. The highest BCUT2D eigenvalue weighted by Crippen LogP contribution is 2.36. The van der Waals surface area contributed by atoms with Gasteiger partial charge in [0.2, 0.25) is 0 Å². The smallest absolute Gasteiger partial charge is 0.417 e. The fraction of sp³-hybridized carbons (Fsp3) is 0.200. The zero-order valence-corrected chi connectivity index (χ0v) is 19.4. The van der Waals surface area contributed by atoms with Crippen LogP contribution in [0.25, 0.3) is 6.08 Å². The number of hydrogen-bond donors (Lipinski definition) is 3. The number of halogens is 4. The molecule has 4 rings (SSSR count). The predicted molar refractivity (Wildman–Crippen MR) is 128 cm³/mol. The van der Waals surface area contributed by atoms with Crippen molar-refractivity contribution in [2.45, 2.75) is 19.3 Å². The van der Waals surface area contributed by atoms with Gasteiger partial charge >= 0.3 is 6.18 Å². The molecule has 1 amide bonds. The Morgan fingerprint density at radius 2 is 1.86 bits per heavy atom. The lowest BCUT2D eigenvalue weighted by molar-refractivity contribution is -0.137. The van der Waals surface area contributed by atoms with Crippen LogP contribution in [-0.2, 0) is 11.0 Å². The largest absolute Gasteiger partial charge is 0.457 e. The quantitative estimate of drug-likeness (QED) is 0.373. The number of nitrogens with zero attached hydrogens (tertiary/aromatic N) is 1. The molecule has 1 aliphatic heterocycles. The van der Waals surface area contributed by atoms with Gasteiger partial charge in [-0.3, -0.25) is 20.4 Å². The Labute approximate surface area is 205 Å². The van der Waals surface area contributed by atoms with Gasteiger partial charge in [-0.15, -0.1) is 0 Å². The zero-order valence-electron chi connectivity index (χ0n) is 18.6. The van der Waals surface area contributed by atoms with Crippen LogP contribution in [0.4, 0.5) is 18.9 Å². The fourth-order valence-corrected chi connectivity index (χ4v) is 3.76. The molecule has 0 unspecified atom stereocenters. The number of nitrogens with one attached hydrogen (secondary N) is 3. The SMILES string of the molecule is C/C(=C\c1cccc(Oc2ccnc(C3NCCN3)c2)c1)C(=O)Nc1ccc(Cl)c(C(F)(F)F)c1. The van der Waals surface area contributed by atoms with Gasteiger partial charge in [-0.25, -0.2) is 0 Å². The molecule has 1 aromatic heterocycles. The first kappa shape index (κ1) is 24.7. The molecular formula is C25H22ClF3N4O2. The molecule has 1 fully saturated rings. The maximum absolute atomic E-state index is 13.1. The van der Waals surface area contributed by atoms with E-state index in [9.17, 15) is 18.0 Å². The van der Waals surface area contributed by atoms with Crippen LogP contribution in [0.15, 0.2) is 66.4 Å². The average molecular weight is 503 g/mol. The van der Waals surface area contributed by atoms with Crippen LogP contribution in [0.1, 0.15) is 29.9 Å². The van der Waals surface area contributed by atoms with Crippen LogP contribution in [-0.4, -0.2) is 24.0 Å². The predicted octanol–water partition coefficient (Wildman–Crippen LogP) is 5.78. The Bertz CT molecular complexity index is 1260. The number of amides is 1. The lowest BCUT2D eigenvalue weighted by Crippen LogP contribution is -2.22. The number of anilines is 1. The van der Waals surface area contributed by atoms with Crippen molar-refractivity contribution in [1.82, 2.24) is 15.6 Å². The molecule has 0 atom stereocenters. The number of benzene rings is 2. The number of pyridine rings is 1. The molecule has 0 aliphatic carbocycles. The number of aromatic nitrogens is 1. The molecule has 182 valence electrons. The third-order valence-electron chi connectivity index (χ3n) is 5.23. The van der Waals surface area contributed by atoms with Gasteiger partial charge < -0.3 is 10.1 Å². The van der Waals surface area contributed by atoms with Gasteiger partial charge in [0.25, 0.3) is 5.91 Å². The summed E-state index contributed by atoms with van der Waals surface area (Å²) in [6, 6.07) is 13.9. The first-order chi connectivity index (χ1) is 16.7. The van der Waals surface area contributed by atoms with E-state index in [4.69, 9.17) is 16.3 Å². The van der Waals surface area contributed by atoms with Crippen molar-refractivity contribution in [3.05, 3.63) is 88.2 Å². The number of carbonyl (C=O) groups is 1. The van der Waals surface area contributed by atoms with E-state index in [0.717, 1.165) is 30.9 Å². The summed E-state index contributed by atoms with van der Waals surface area (Å²) in [4.78, 5) is 16.9. The van der Waals surface area contributed by atoms with E-state index in [-0.39, 0.29) is 11.9 Å². The maximum atomic E-state index is 13.1. The topological polar surface area (TPSA) is 75.3 Å². The fourth-order valence-electron chi connectivity index (χ4n) is 3.53. The summed E-state index contributed by atoms with van der Waals surface area (Å²) in [5.74, 6) is 0.635. The molecule has 10 heteroatoms. The Morgan fingerprint density at radius 3 is 2.60 bits per heavy atom. The van der Waals surface area contributed by atoms with E-state index < -0.39 is 22.7 Å². The van der Waals surface area contributed by atoms with E-state index in [1.54, 1.807) is 49.5 Å². The third kappa shape index (κ3) is 6.39. The lowest BCUT2D eigenvalue weighted by atomic mass is 10.1. The molecule has 1 saturated heterocycles. The van der Waals surface area contributed by atoms with Crippen molar-refractivity contribution in [3.63, 3.8) is 0 Å². The third-order valence-corrected chi connectivity index (χ3v) is 5.56. The van der Waals surface area contributed by atoms with E-state index in [1.165, 1.54) is 6.07 Å². The summed E-state index contributed by atoms with van der Waals surface area (Å²) in [5, 5.41) is 8.64. The number of carbonyl (C=O) groups excluding carboxylic acids is 1. The molecule has 6 nitrogen and oxygen atoms in total. The van der Waals surface area contributed by atoms with Crippen molar-refractivity contribution < 1.29 is 22.7 Å². The van der Waals surface area contributed by atoms with Gasteiger partial charge in [-0.2, -0.15) is 13.2 Å². The van der Waals surface area contributed by atoms with Crippen molar-refractivity contribution in [3.8, 4) is 11.5 Å². The zero-order chi connectivity index (χ0) is 25.0. The highest BCUT2D eigenvalue weighted by molar-refractivity contribution is 6.31. The Kier molecular flexibility index (Phi) is 7.39. The molecule has 1 aliphatic rings. The summed E-state index contributed by atoms with van der Waals surface area (Å²) in [6.07, 6.45) is -1.36. The minimum Gasteiger partial charge on any atom is -0.457 e. The molecule has 0 saturated carbocycles. The second kappa shape index (κ2) is 10.5. The molecule has 3 aromatic rings. The second-order valence-corrected chi connectivity index (χ2v) is 8.31. The number of ether oxygens (including phenoxy) is 1. The number of alkyl halides is 3. The average Bonchev–Trinajstić information content (AvgIpc) is 3.35. The van der Waals surface area contributed by atoms with Gasteiger partial charge in [-0.1, -0.05) is 23.7 Å². The van der Waals surface area contributed by atoms with Crippen LogP contribution in [0.3, 0.4) is 0 Å². The Morgan fingerprint density at radius 1 is 1.11 bits per heavy atom. The van der Waals surface area contributed by atoms with Gasteiger partial charge in [0.15, 0.2) is 0 Å². The monoisotopic (exact) mass is 502 g/mol. The van der Waals surface area contributed by atoms with Crippen molar-refractivity contribution >= 4 is 29.3 Å². The summed E-state index contributed by atoms with van der Waals surface area (Å²) < 4.78 is 45.2. The van der Waals surface area contributed by atoms with Crippen molar-refractivity contribution in [2.75, 3.05) is 18.4 Å². The van der Waals surface area contributed by atoms with E-state index in [2.05, 4.69) is 20.9 Å². The normalized spacial score (nSPS) is 14.7. The molecule has 2 heterocycles. The number of rotatable bonds is 6. The van der Waals surface area contributed by atoms with Crippen molar-refractivity contribution in [1.29, 1.82) is 0 Å². The molecule has 35 heavy (non-hydrogen) atoms. The highest BCUT2D eigenvalue weighted by Gasteiger charge is 2.33. The summed E-state index contributed by atoms with van der Waals surface area (Å²) in [7, 11) is 0. The Hall–Kier alpha value is -3.40. The summed E-state index contributed by atoms with van der Waals surface area (Å²) >= 11 is 5.64. The van der Waals surface area contributed by atoms with Gasteiger partial charge in [0.1, 0.15) is 17.7 Å². The highest BCUT2D eigenvalue weighted by atomic mass is 35.5. The molecule has 3 N–H and O–H groups in total.